The smallest absolute Gasteiger partial charge is 0.263 e. The van der Waals surface area contributed by atoms with Crippen LogP contribution in [0.15, 0.2) is 35.4 Å². The van der Waals surface area contributed by atoms with Crippen molar-refractivity contribution in [2.24, 2.45) is 0 Å². The number of rotatable bonds is 3. The van der Waals surface area contributed by atoms with E-state index >= 15 is 0 Å². The van der Waals surface area contributed by atoms with Gasteiger partial charge in [0.05, 0.1) is 16.7 Å². The minimum Gasteiger partial charge on any atom is -0.263 e. The molecule has 7 nitrogen and oxygen atoms in total. The molecular formula is C15H9F4N5O2S. The molecule has 0 aliphatic heterocycles. The fraction of sp³-hybridized carbons (Fsp3) is 0.133. The van der Waals surface area contributed by atoms with Crippen LogP contribution in [0.4, 0.5) is 23.4 Å². The zero-order valence-electron chi connectivity index (χ0n) is 13.4. The number of hydrogen-bond acceptors (Lipinski definition) is 5. The van der Waals surface area contributed by atoms with Gasteiger partial charge in [0.1, 0.15) is 23.3 Å². The quantitative estimate of drug-likeness (QED) is 0.683. The van der Waals surface area contributed by atoms with Crippen molar-refractivity contribution in [3.8, 4) is 6.07 Å². The Morgan fingerprint density at radius 2 is 1.96 bits per heavy atom. The molecule has 0 fully saturated rings. The molecule has 1 aromatic carbocycles. The summed E-state index contributed by atoms with van der Waals surface area (Å²) in [7, 11) is -4.43. The molecule has 0 atom stereocenters. The molecule has 0 aliphatic carbocycles. The largest absolute Gasteiger partial charge is 0.419 e. The second-order valence-corrected chi connectivity index (χ2v) is 7.12. The Labute approximate surface area is 149 Å². The molecule has 27 heavy (non-hydrogen) atoms. The molecule has 0 spiro atoms. The molecule has 3 rings (SSSR count). The maximum absolute atomic E-state index is 13.7. The van der Waals surface area contributed by atoms with Gasteiger partial charge < -0.3 is 0 Å². The Hall–Kier alpha value is -3.20. The highest BCUT2D eigenvalue weighted by Crippen LogP contribution is 2.32. The highest BCUT2D eigenvalue weighted by atomic mass is 32.2. The Bertz CT molecular complexity index is 1200. The lowest BCUT2D eigenvalue weighted by Gasteiger charge is -2.12. The van der Waals surface area contributed by atoms with Crippen LogP contribution < -0.4 is 4.72 Å². The Balaban J connectivity index is 2.06. The SMILES string of the molecule is Cc1cc(NS(=O)(=O)c2ccc(C(F)(F)F)c(F)c2)n2ncc(C#N)c2n1. The van der Waals surface area contributed by atoms with Crippen LogP contribution in [0.2, 0.25) is 0 Å². The van der Waals surface area contributed by atoms with E-state index in [4.69, 9.17) is 5.26 Å². The number of nitrogens with one attached hydrogen (secondary N) is 1. The third-order valence-corrected chi connectivity index (χ3v) is 4.87. The monoisotopic (exact) mass is 399 g/mol. The van der Waals surface area contributed by atoms with E-state index in [0.717, 1.165) is 4.52 Å². The van der Waals surface area contributed by atoms with Crippen LogP contribution in [0.25, 0.3) is 5.65 Å². The van der Waals surface area contributed by atoms with Crippen molar-refractivity contribution in [2.75, 3.05) is 4.72 Å². The standard InChI is InChI=1S/C15H9F4N5O2S/c1-8-4-13(24-14(22-8)9(6-20)7-21-24)23-27(25,26)10-2-3-11(12(16)5-10)15(17,18)19/h2-5,7,23H,1H3. The Morgan fingerprint density at radius 3 is 2.56 bits per heavy atom. The number of benzene rings is 1. The van der Waals surface area contributed by atoms with Gasteiger partial charge in [-0.2, -0.15) is 28.0 Å². The first-order chi connectivity index (χ1) is 12.5. The number of halogens is 4. The number of sulfonamides is 1. The summed E-state index contributed by atoms with van der Waals surface area (Å²) in [5.74, 6) is -1.83. The van der Waals surface area contributed by atoms with E-state index in [1.807, 2.05) is 6.07 Å². The van der Waals surface area contributed by atoms with Crippen LogP contribution in [0, 0.1) is 24.1 Å². The van der Waals surface area contributed by atoms with Crippen molar-refractivity contribution in [2.45, 2.75) is 18.0 Å². The topological polar surface area (TPSA) is 100 Å². The maximum Gasteiger partial charge on any atom is 0.419 e. The maximum atomic E-state index is 13.7. The molecule has 0 radical (unpaired) electrons. The fourth-order valence-corrected chi connectivity index (χ4v) is 3.37. The lowest BCUT2D eigenvalue weighted by molar-refractivity contribution is -0.140. The summed E-state index contributed by atoms with van der Waals surface area (Å²) in [5.41, 5.74) is -1.03. The molecule has 0 aliphatic rings. The number of aromatic nitrogens is 3. The number of aryl methyl sites for hydroxylation is 1. The summed E-state index contributed by atoms with van der Waals surface area (Å²) in [6.07, 6.45) is -3.77. The van der Waals surface area contributed by atoms with Crippen molar-refractivity contribution < 1.29 is 26.0 Å². The van der Waals surface area contributed by atoms with Gasteiger partial charge in [-0.05, 0) is 25.1 Å². The zero-order chi connectivity index (χ0) is 20.0. The molecule has 0 unspecified atom stereocenters. The van der Waals surface area contributed by atoms with Gasteiger partial charge in [0, 0.05) is 11.8 Å². The third-order valence-electron chi connectivity index (χ3n) is 3.52. The molecule has 0 bridgehead atoms. The Morgan fingerprint density at radius 1 is 1.26 bits per heavy atom. The minimum atomic E-state index is -4.95. The number of fused-ring (bicyclic) bond motifs is 1. The van der Waals surface area contributed by atoms with Gasteiger partial charge in [0.2, 0.25) is 0 Å². The van der Waals surface area contributed by atoms with E-state index in [1.165, 1.54) is 12.3 Å². The third kappa shape index (κ3) is 3.41. The van der Waals surface area contributed by atoms with Crippen LogP contribution in [0.1, 0.15) is 16.8 Å². The number of alkyl halides is 3. The average molecular weight is 399 g/mol. The molecule has 0 saturated carbocycles. The second kappa shape index (κ2) is 6.20. The first kappa shape index (κ1) is 18.6. The van der Waals surface area contributed by atoms with E-state index < -0.39 is 32.5 Å². The zero-order valence-corrected chi connectivity index (χ0v) is 14.2. The van der Waals surface area contributed by atoms with E-state index in [-0.39, 0.29) is 23.1 Å². The summed E-state index contributed by atoms with van der Waals surface area (Å²) in [6, 6.07) is 4.42. The molecular weight excluding hydrogens is 390 g/mol. The molecule has 0 amide bonds. The van der Waals surface area contributed by atoms with Gasteiger partial charge >= 0.3 is 6.18 Å². The van der Waals surface area contributed by atoms with Crippen molar-refractivity contribution >= 4 is 21.5 Å². The average Bonchev–Trinajstić information content (AvgIpc) is 2.96. The van der Waals surface area contributed by atoms with Gasteiger partial charge in [0.15, 0.2) is 5.65 Å². The first-order valence-corrected chi connectivity index (χ1v) is 8.66. The predicted octanol–water partition coefficient (Wildman–Crippen LogP) is 2.87. The van der Waals surface area contributed by atoms with Gasteiger partial charge in [-0.25, -0.2) is 17.8 Å². The molecule has 2 heterocycles. The summed E-state index contributed by atoms with van der Waals surface area (Å²) >= 11 is 0. The predicted molar refractivity (Wildman–Crippen MR) is 84.6 cm³/mol. The molecule has 3 aromatic rings. The second-order valence-electron chi connectivity index (χ2n) is 5.43. The normalized spacial score (nSPS) is 12.1. The summed E-state index contributed by atoms with van der Waals surface area (Å²) in [4.78, 5) is 3.38. The van der Waals surface area contributed by atoms with Crippen molar-refractivity contribution in [3.63, 3.8) is 0 Å². The summed E-state index contributed by atoms with van der Waals surface area (Å²) < 4.78 is 79.7. The van der Waals surface area contributed by atoms with Crippen molar-refractivity contribution in [3.05, 3.63) is 53.1 Å². The molecule has 2 aromatic heterocycles. The summed E-state index contributed by atoms with van der Waals surface area (Å²) in [5, 5.41) is 12.9. The fourth-order valence-electron chi connectivity index (χ4n) is 2.33. The van der Waals surface area contributed by atoms with Crippen molar-refractivity contribution in [1.29, 1.82) is 5.26 Å². The van der Waals surface area contributed by atoms with Gasteiger partial charge in [-0.3, -0.25) is 4.72 Å². The van der Waals surface area contributed by atoms with Crippen LogP contribution in [-0.4, -0.2) is 23.0 Å². The van der Waals surface area contributed by atoms with Crippen LogP contribution >= 0.6 is 0 Å². The van der Waals surface area contributed by atoms with E-state index in [2.05, 4.69) is 14.8 Å². The Kier molecular flexibility index (Phi) is 4.27. The molecule has 140 valence electrons. The number of hydrogen-bond donors (Lipinski definition) is 1. The van der Waals surface area contributed by atoms with Crippen molar-refractivity contribution in [1.82, 2.24) is 14.6 Å². The van der Waals surface area contributed by atoms with Crippen LogP contribution in [0.5, 0.6) is 0 Å². The molecule has 1 N–H and O–H groups in total. The van der Waals surface area contributed by atoms with E-state index in [0.29, 0.717) is 17.8 Å². The van der Waals surface area contributed by atoms with E-state index in [1.54, 1.807) is 6.92 Å². The minimum absolute atomic E-state index is 0.0915. The number of nitriles is 1. The van der Waals surface area contributed by atoms with Crippen LogP contribution in [0.3, 0.4) is 0 Å². The molecule has 0 saturated heterocycles. The van der Waals surface area contributed by atoms with E-state index in [9.17, 15) is 26.0 Å². The number of anilines is 1. The molecule has 12 heteroatoms. The van der Waals surface area contributed by atoms with Gasteiger partial charge in [-0.1, -0.05) is 0 Å². The highest BCUT2D eigenvalue weighted by molar-refractivity contribution is 7.92. The van der Waals surface area contributed by atoms with Gasteiger partial charge in [-0.15, -0.1) is 0 Å². The van der Waals surface area contributed by atoms with Gasteiger partial charge in [0.25, 0.3) is 10.0 Å². The lowest BCUT2D eigenvalue weighted by Crippen LogP contribution is -2.17. The first-order valence-electron chi connectivity index (χ1n) is 7.18. The summed E-state index contributed by atoms with van der Waals surface area (Å²) in [6.45, 7) is 1.55. The number of nitrogens with zero attached hydrogens (tertiary/aromatic N) is 4. The lowest BCUT2D eigenvalue weighted by atomic mass is 10.2. The highest BCUT2D eigenvalue weighted by Gasteiger charge is 2.34. The van der Waals surface area contributed by atoms with Crippen LogP contribution in [-0.2, 0) is 16.2 Å².